The quantitative estimate of drug-likeness (QED) is 0.418. The Balaban J connectivity index is 3.33. The van der Waals surface area contributed by atoms with Gasteiger partial charge in [0, 0.05) is 0 Å². The maximum atomic E-state index is 3.40. The van der Waals surface area contributed by atoms with E-state index in [9.17, 15) is 0 Å². The molecule has 0 spiro atoms. The Morgan fingerprint density at radius 1 is 1.14 bits per heavy atom. The Morgan fingerprint density at radius 2 is 1.57 bits per heavy atom. The third kappa shape index (κ3) is 5.56. The molecular weight excluding hydrogens is 151 g/mol. The van der Waals surface area contributed by atoms with Crippen molar-refractivity contribution in [3.05, 3.63) is 34.6 Å². The van der Waals surface area contributed by atoms with Crippen LogP contribution in [0.2, 0.25) is 0 Å². The van der Waals surface area contributed by atoms with Gasteiger partial charge < -0.3 is 0 Å². The van der Waals surface area contributed by atoms with Crippen LogP contribution in [0.5, 0.6) is 0 Å². The van der Waals surface area contributed by atoms with E-state index in [2.05, 4.69) is 24.6 Å². The standard InChI is InChI=1S/C6H6Se/c1-3-5-7-6-4-2/h5-6H,1-2H2. The van der Waals surface area contributed by atoms with Crippen LogP contribution in [0.25, 0.3) is 0 Å². The number of rotatable bonds is 2. The van der Waals surface area contributed by atoms with Crippen molar-refractivity contribution in [2.75, 3.05) is 0 Å². The molecule has 0 N–H and O–H groups in total. The molecule has 0 saturated heterocycles. The van der Waals surface area contributed by atoms with E-state index in [0.717, 1.165) is 0 Å². The molecule has 0 aliphatic rings. The molecule has 0 aromatic carbocycles. The molecule has 0 saturated carbocycles. The van der Waals surface area contributed by atoms with Gasteiger partial charge in [0.15, 0.2) is 0 Å². The zero-order valence-electron chi connectivity index (χ0n) is 3.98. The predicted octanol–water partition coefficient (Wildman–Crippen LogP) is 1.29. The van der Waals surface area contributed by atoms with Crippen LogP contribution in [-0.4, -0.2) is 15.0 Å². The Hall–Kier alpha value is -0.441. The van der Waals surface area contributed by atoms with Crippen molar-refractivity contribution in [2.45, 2.75) is 0 Å². The fraction of sp³-hybridized carbons (Fsp3) is 0. The van der Waals surface area contributed by atoms with Crippen molar-refractivity contribution in [3.63, 3.8) is 0 Å². The summed E-state index contributed by atoms with van der Waals surface area (Å²) in [5.41, 5.74) is 5.31. The molecule has 0 aromatic rings. The van der Waals surface area contributed by atoms with Crippen LogP contribution in [0.1, 0.15) is 0 Å². The van der Waals surface area contributed by atoms with Crippen LogP contribution >= 0.6 is 0 Å². The maximum absolute atomic E-state index is 3.40. The summed E-state index contributed by atoms with van der Waals surface area (Å²) in [6.07, 6.45) is 0. The molecule has 1 heteroatoms. The summed E-state index contributed by atoms with van der Waals surface area (Å²) in [5.74, 6) is 0. The van der Waals surface area contributed by atoms with Gasteiger partial charge in [-0.3, -0.25) is 0 Å². The molecule has 0 amide bonds. The van der Waals surface area contributed by atoms with Gasteiger partial charge in [0.05, 0.1) is 0 Å². The van der Waals surface area contributed by atoms with Crippen LogP contribution in [0.3, 0.4) is 0 Å². The molecule has 0 radical (unpaired) electrons. The van der Waals surface area contributed by atoms with Crippen molar-refractivity contribution in [1.29, 1.82) is 0 Å². The fourth-order valence-electron chi connectivity index (χ4n) is 0.130. The normalized spacial score (nSPS) is 5.71. The summed E-state index contributed by atoms with van der Waals surface area (Å²) < 4.78 is 0. The number of hydrogen-bond acceptors (Lipinski definition) is 0. The summed E-state index contributed by atoms with van der Waals surface area (Å²) in [5, 5.41) is 0. The summed E-state index contributed by atoms with van der Waals surface area (Å²) in [4.78, 5) is 3.76. The van der Waals surface area contributed by atoms with Gasteiger partial charge in [-0.15, -0.1) is 0 Å². The second kappa shape index (κ2) is 5.56. The third-order valence-corrected chi connectivity index (χ3v) is 1.57. The first-order valence-electron chi connectivity index (χ1n) is 1.76. The zero-order valence-corrected chi connectivity index (χ0v) is 5.69. The van der Waals surface area contributed by atoms with E-state index in [1.165, 1.54) is 0 Å². The van der Waals surface area contributed by atoms with E-state index >= 15 is 0 Å². The van der Waals surface area contributed by atoms with Crippen LogP contribution in [0, 0.1) is 0 Å². The molecule has 0 fully saturated rings. The second-order valence-electron chi connectivity index (χ2n) is 0.780. The molecule has 0 aliphatic heterocycles. The minimum atomic E-state index is 0.378. The monoisotopic (exact) mass is 158 g/mol. The summed E-state index contributed by atoms with van der Waals surface area (Å²) in [6, 6.07) is 0. The minimum absolute atomic E-state index is 0.378. The first-order valence-corrected chi connectivity index (χ1v) is 3.73. The van der Waals surface area contributed by atoms with Crippen LogP contribution in [-0.2, 0) is 0 Å². The SMILES string of the molecule is C=C=C[Se]C=C=C. The molecule has 0 atom stereocenters. The van der Waals surface area contributed by atoms with Crippen molar-refractivity contribution < 1.29 is 0 Å². The predicted molar refractivity (Wildman–Crippen MR) is 33.2 cm³/mol. The Labute approximate surface area is 50.1 Å². The molecular formula is C6H6Se. The van der Waals surface area contributed by atoms with Gasteiger partial charge in [-0.25, -0.2) is 0 Å². The van der Waals surface area contributed by atoms with Crippen molar-refractivity contribution in [2.24, 2.45) is 0 Å². The third-order valence-electron chi connectivity index (χ3n) is 0.303. The Morgan fingerprint density at radius 3 is 1.86 bits per heavy atom. The van der Waals surface area contributed by atoms with E-state index < -0.39 is 0 Å². The van der Waals surface area contributed by atoms with Gasteiger partial charge in [-0.2, -0.15) is 0 Å². The molecule has 0 rings (SSSR count). The molecule has 0 aliphatic carbocycles. The van der Waals surface area contributed by atoms with Crippen molar-refractivity contribution >= 4 is 15.0 Å². The zero-order chi connectivity index (χ0) is 5.54. The van der Waals surface area contributed by atoms with Crippen LogP contribution < -0.4 is 0 Å². The Kier molecular flexibility index (Phi) is 5.21. The molecule has 7 heavy (non-hydrogen) atoms. The molecule has 0 unspecified atom stereocenters. The van der Waals surface area contributed by atoms with Crippen LogP contribution in [0.4, 0.5) is 0 Å². The van der Waals surface area contributed by atoms with Gasteiger partial charge in [-0.05, 0) is 0 Å². The first-order chi connectivity index (χ1) is 3.41. The van der Waals surface area contributed by atoms with E-state index in [0.29, 0.717) is 15.0 Å². The Bertz CT molecular complexity index is 107. The fourth-order valence-corrected chi connectivity index (χ4v) is 0.677. The van der Waals surface area contributed by atoms with E-state index in [4.69, 9.17) is 0 Å². The van der Waals surface area contributed by atoms with Gasteiger partial charge in [0.25, 0.3) is 0 Å². The summed E-state index contributed by atoms with van der Waals surface area (Å²) >= 11 is 0.378. The number of hydrogen-bond donors (Lipinski definition) is 0. The van der Waals surface area contributed by atoms with E-state index in [1.54, 1.807) is 0 Å². The van der Waals surface area contributed by atoms with E-state index in [-0.39, 0.29) is 0 Å². The van der Waals surface area contributed by atoms with E-state index in [1.807, 2.05) is 9.95 Å². The van der Waals surface area contributed by atoms with Crippen LogP contribution in [0.15, 0.2) is 34.6 Å². The average molecular weight is 157 g/mol. The summed E-state index contributed by atoms with van der Waals surface area (Å²) in [7, 11) is 0. The average Bonchev–Trinajstić information content (AvgIpc) is 1.69. The topological polar surface area (TPSA) is 0 Å². The molecule has 0 aromatic heterocycles. The molecule has 0 bridgehead atoms. The molecule has 0 heterocycles. The van der Waals surface area contributed by atoms with Gasteiger partial charge >= 0.3 is 49.5 Å². The first kappa shape index (κ1) is 6.56. The summed E-state index contributed by atoms with van der Waals surface area (Å²) in [6.45, 7) is 6.80. The van der Waals surface area contributed by atoms with Gasteiger partial charge in [-0.1, -0.05) is 0 Å². The van der Waals surface area contributed by atoms with Gasteiger partial charge in [0.1, 0.15) is 0 Å². The van der Waals surface area contributed by atoms with Gasteiger partial charge in [0.2, 0.25) is 0 Å². The van der Waals surface area contributed by atoms with Crippen molar-refractivity contribution in [1.82, 2.24) is 0 Å². The van der Waals surface area contributed by atoms with Crippen molar-refractivity contribution in [3.8, 4) is 0 Å². The second-order valence-corrected chi connectivity index (χ2v) is 2.34. The molecule has 0 nitrogen and oxygen atoms in total. The molecule has 36 valence electrons.